The summed E-state index contributed by atoms with van der Waals surface area (Å²) < 4.78 is 31.0. The van der Waals surface area contributed by atoms with Gasteiger partial charge in [0, 0.05) is 12.7 Å². The molecule has 7 heteroatoms. The Labute approximate surface area is 99.3 Å². The van der Waals surface area contributed by atoms with Gasteiger partial charge in [-0.05, 0) is 19.1 Å². The second kappa shape index (κ2) is 4.33. The van der Waals surface area contributed by atoms with Crippen LogP contribution in [0.1, 0.15) is 6.92 Å². The summed E-state index contributed by atoms with van der Waals surface area (Å²) in [7, 11) is -3.35. The van der Waals surface area contributed by atoms with Crippen molar-refractivity contribution in [1.82, 2.24) is 4.90 Å². The molecule has 2 heterocycles. The molecule has 17 heavy (non-hydrogen) atoms. The van der Waals surface area contributed by atoms with Gasteiger partial charge in [0.05, 0.1) is 17.9 Å². The second-order valence-corrected chi connectivity index (χ2v) is 5.32. The molecule has 0 atom stereocenters. The lowest BCUT2D eigenvalue weighted by atomic mass is 10.2. The number of sulfonamides is 1. The summed E-state index contributed by atoms with van der Waals surface area (Å²) in [6.07, 6.45) is 4.57. The van der Waals surface area contributed by atoms with E-state index in [4.69, 9.17) is 4.74 Å². The lowest BCUT2D eigenvalue weighted by molar-refractivity contribution is -0.138. The maximum Gasteiger partial charge on any atom is 0.339 e. The highest BCUT2D eigenvalue weighted by atomic mass is 32.2. The summed E-state index contributed by atoms with van der Waals surface area (Å²) in [6, 6.07) is 0. The summed E-state index contributed by atoms with van der Waals surface area (Å²) in [5.41, 5.74) is 0.394. The summed E-state index contributed by atoms with van der Waals surface area (Å²) >= 11 is 0. The summed E-state index contributed by atoms with van der Waals surface area (Å²) in [6.45, 7) is 2.33. The number of esters is 1. The maximum atomic E-state index is 11.5. The molecular weight excluding hydrogens is 244 g/mol. The molecule has 92 valence electrons. The van der Waals surface area contributed by atoms with Crippen molar-refractivity contribution in [3.05, 3.63) is 23.9 Å². The van der Waals surface area contributed by atoms with Crippen LogP contribution in [0.3, 0.4) is 0 Å². The molecule has 0 spiro atoms. The molecule has 0 aromatic heterocycles. The number of hydrogen-bond acceptors (Lipinski definition) is 5. The van der Waals surface area contributed by atoms with Crippen molar-refractivity contribution in [3.8, 4) is 0 Å². The van der Waals surface area contributed by atoms with Crippen LogP contribution in [-0.2, 0) is 19.6 Å². The van der Waals surface area contributed by atoms with Crippen molar-refractivity contribution in [2.75, 3.05) is 18.9 Å². The minimum absolute atomic E-state index is 0.0447. The van der Waals surface area contributed by atoms with Gasteiger partial charge in [-0.1, -0.05) is 0 Å². The van der Waals surface area contributed by atoms with Crippen LogP contribution in [0.15, 0.2) is 28.3 Å². The van der Waals surface area contributed by atoms with E-state index < -0.39 is 16.0 Å². The predicted molar refractivity (Wildman–Crippen MR) is 61.8 cm³/mol. The zero-order valence-electron chi connectivity index (χ0n) is 9.29. The van der Waals surface area contributed by atoms with Crippen LogP contribution in [0.25, 0.3) is 0 Å². The van der Waals surface area contributed by atoms with Crippen LogP contribution < -0.4 is 0 Å². The Kier molecular flexibility index (Phi) is 3.01. The fourth-order valence-corrected chi connectivity index (χ4v) is 2.51. The van der Waals surface area contributed by atoms with Crippen molar-refractivity contribution in [3.63, 3.8) is 0 Å². The Morgan fingerprint density at radius 2 is 2.29 bits per heavy atom. The van der Waals surface area contributed by atoms with Crippen molar-refractivity contribution in [2.24, 2.45) is 4.40 Å². The van der Waals surface area contributed by atoms with Gasteiger partial charge in [-0.15, -0.1) is 4.40 Å². The van der Waals surface area contributed by atoms with Crippen molar-refractivity contribution in [2.45, 2.75) is 6.92 Å². The predicted octanol–water partition coefficient (Wildman–Crippen LogP) is 0.0471. The van der Waals surface area contributed by atoms with E-state index >= 15 is 0 Å². The SMILES string of the molecule is CCOC(=O)C1=CN2CCS(=O)(=O)N=C2C=C1. The van der Waals surface area contributed by atoms with Gasteiger partial charge in [-0.2, -0.15) is 0 Å². The first-order valence-electron chi connectivity index (χ1n) is 5.18. The van der Waals surface area contributed by atoms with Crippen LogP contribution in [0.5, 0.6) is 0 Å². The number of carbonyl (C=O) groups excluding carboxylic acids is 1. The fourth-order valence-electron chi connectivity index (χ4n) is 1.54. The van der Waals surface area contributed by atoms with Crippen molar-refractivity contribution in [1.29, 1.82) is 0 Å². The van der Waals surface area contributed by atoms with Crippen LogP contribution >= 0.6 is 0 Å². The van der Waals surface area contributed by atoms with E-state index in [1.807, 2.05) is 0 Å². The highest BCUT2D eigenvalue weighted by Gasteiger charge is 2.25. The Morgan fingerprint density at radius 1 is 1.53 bits per heavy atom. The normalized spacial score (nSPS) is 21.4. The van der Waals surface area contributed by atoms with E-state index in [1.165, 1.54) is 12.2 Å². The molecule has 2 aliphatic rings. The highest BCUT2D eigenvalue weighted by molar-refractivity contribution is 7.90. The lowest BCUT2D eigenvalue weighted by Gasteiger charge is -2.26. The average Bonchev–Trinajstić information content (AvgIpc) is 2.27. The molecule has 6 nitrogen and oxygen atoms in total. The molecule has 2 aliphatic heterocycles. The number of nitrogens with zero attached hydrogens (tertiary/aromatic N) is 2. The summed E-state index contributed by atoms with van der Waals surface area (Å²) in [5, 5.41) is 0. The molecule has 0 aliphatic carbocycles. The van der Waals surface area contributed by atoms with Gasteiger partial charge in [0.1, 0.15) is 5.84 Å². The molecule has 0 aromatic rings. The molecule has 0 fully saturated rings. The van der Waals surface area contributed by atoms with E-state index in [2.05, 4.69) is 4.40 Å². The van der Waals surface area contributed by atoms with Gasteiger partial charge >= 0.3 is 5.97 Å². The zero-order chi connectivity index (χ0) is 12.5. The molecule has 0 N–H and O–H groups in total. The number of amidine groups is 1. The minimum Gasteiger partial charge on any atom is -0.462 e. The van der Waals surface area contributed by atoms with E-state index in [0.717, 1.165) is 0 Å². The lowest BCUT2D eigenvalue weighted by Crippen LogP contribution is -2.37. The van der Waals surface area contributed by atoms with Gasteiger partial charge in [0.15, 0.2) is 0 Å². The number of hydrogen-bond donors (Lipinski definition) is 0. The zero-order valence-corrected chi connectivity index (χ0v) is 10.1. The smallest absolute Gasteiger partial charge is 0.339 e. The van der Waals surface area contributed by atoms with Crippen LogP contribution in [0.2, 0.25) is 0 Å². The van der Waals surface area contributed by atoms with E-state index in [-0.39, 0.29) is 5.75 Å². The fraction of sp³-hybridized carbons (Fsp3) is 0.400. The van der Waals surface area contributed by atoms with Gasteiger partial charge < -0.3 is 9.64 Å². The molecule has 0 unspecified atom stereocenters. The van der Waals surface area contributed by atoms with Crippen molar-refractivity contribution >= 4 is 21.8 Å². The largest absolute Gasteiger partial charge is 0.462 e. The quantitative estimate of drug-likeness (QED) is 0.652. The summed E-state index contributed by atoms with van der Waals surface area (Å²) in [5.74, 6) is -0.128. The van der Waals surface area contributed by atoms with Crippen LogP contribution in [-0.4, -0.2) is 44.0 Å². The van der Waals surface area contributed by atoms with E-state index in [9.17, 15) is 13.2 Å². The van der Waals surface area contributed by atoms with E-state index in [0.29, 0.717) is 24.6 Å². The Hall–Kier alpha value is -1.63. The van der Waals surface area contributed by atoms with Gasteiger partial charge in [-0.25, -0.2) is 13.2 Å². The first-order chi connectivity index (χ1) is 8.02. The van der Waals surface area contributed by atoms with E-state index in [1.54, 1.807) is 18.0 Å². The van der Waals surface area contributed by atoms with Gasteiger partial charge in [0.2, 0.25) is 0 Å². The van der Waals surface area contributed by atoms with Crippen molar-refractivity contribution < 1.29 is 17.9 Å². The van der Waals surface area contributed by atoms with Gasteiger partial charge in [-0.3, -0.25) is 0 Å². The Bertz CT molecular complexity index is 531. The summed E-state index contributed by atoms with van der Waals surface area (Å²) in [4.78, 5) is 13.1. The minimum atomic E-state index is -3.35. The monoisotopic (exact) mass is 256 g/mol. The highest BCUT2D eigenvalue weighted by Crippen LogP contribution is 2.16. The Balaban J connectivity index is 2.24. The third kappa shape index (κ3) is 2.55. The second-order valence-electron chi connectivity index (χ2n) is 3.57. The number of fused-ring (bicyclic) bond motifs is 1. The first kappa shape index (κ1) is 11.8. The first-order valence-corrected chi connectivity index (χ1v) is 6.79. The molecule has 0 aromatic carbocycles. The maximum absolute atomic E-state index is 11.5. The number of ether oxygens (including phenoxy) is 1. The Morgan fingerprint density at radius 3 is 3.00 bits per heavy atom. The average molecular weight is 256 g/mol. The number of rotatable bonds is 2. The third-order valence-corrected chi connectivity index (χ3v) is 3.50. The molecule has 0 amide bonds. The number of carbonyl (C=O) groups is 1. The van der Waals surface area contributed by atoms with Crippen LogP contribution in [0, 0.1) is 0 Å². The topological polar surface area (TPSA) is 76.0 Å². The third-order valence-electron chi connectivity index (χ3n) is 2.34. The molecule has 0 saturated carbocycles. The molecule has 0 bridgehead atoms. The van der Waals surface area contributed by atoms with Gasteiger partial charge in [0.25, 0.3) is 10.0 Å². The standard InChI is InChI=1S/C10H12N2O4S/c1-2-16-10(13)8-3-4-9-11-17(14,15)6-5-12(9)7-8/h3-4,7H,2,5-6H2,1H3. The molecular formula is C10H12N2O4S. The molecule has 2 rings (SSSR count). The van der Waals surface area contributed by atoms with Crippen LogP contribution in [0.4, 0.5) is 0 Å². The molecule has 0 saturated heterocycles. The molecule has 0 radical (unpaired) electrons.